The van der Waals surface area contributed by atoms with Gasteiger partial charge in [0, 0.05) is 11.1 Å². The number of phenols is 1. The smallest absolute Gasteiger partial charge is 0.122 e. The van der Waals surface area contributed by atoms with Crippen molar-refractivity contribution in [1.29, 1.82) is 0 Å². The lowest BCUT2D eigenvalue weighted by atomic mass is 9.96. The van der Waals surface area contributed by atoms with Crippen LogP contribution in [0.4, 0.5) is 0 Å². The molecule has 0 atom stereocenters. The van der Waals surface area contributed by atoms with Gasteiger partial charge in [-0.15, -0.1) is 0 Å². The zero-order valence-corrected chi connectivity index (χ0v) is 17.6. The van der Waals surface area contributed by atoms with Crippen LogP contribution in [-0.4, -0.2) is 19.4 Å². The number of hydrogen-bond donors (Lipinski definition) is 1. The molecule has 0 fully saturated rings. The lowest BCUT2D eigenvalue weighted by molar-refractivity contribution is 0.367. The van der Waals surface area contributed by atoms with E-state index in [0.29, 0.717) is 5.75 Å². The summed E-state index contributed by atoms with van der Waals surface area (Å²) in [5, 5.41) is 10.4. The largest absolute Gasteiger partial charge is 0.508 e. The van der Waals surface area contributed by atoms with Gasteiger partial charge in [-0.3, -0.25) is 0 Å². The Morgan fingerprint density at radius 1 is 0.833 bits per heavy atom. The molecule has 0 aromatic heterocycles. The molecule has 24 heavy (non-hydrogen) atoms. The van der Waals surface area contributed by atoms with Crippen molar-refractivity contribution in [3.8, 4) is 11.5 Å². The first-order valence-corrected chi connectivity index (χ1v) is 12.9. The van der Waals surface area contributed by atoms with Gasteiger partial charge in [-0.2, -0.15) is 0 Å². The molecule has 0 heterocycles. The topological polar surface area (TPSA) is 29.5 Å². The molecule has 1 aromatic rings. The summed E-state index contributed by atoms with van der Waals surface area (Å²) in [4.78, 5) is 0. The van der Waals surface area contributed by atoms with Crippen LogP contribution >= 0.6 is 0 Å². The minimum Gasteiger partial charge on any atom is -0.508 e. The number of benzene rings is 1. The minimum atomic E-state index is -1.30. The van der Waals surface area contributed by atoms with Crippen LogP contribution in [0.15, 0.2) is 12.1 Å². The maximum absolute atomic E-state index is 10.4. The Morgan fingerprint density at radius 2 is 1.38 bits per heavy atom. The predicted molar refractivity (Wildman–Crippen MR) is 108 cm³/mol. The standard InChI is InChI=1S/C21H38O2Si/c1-6-11-13-18-19(14-12-7-2)21(16-15-20(18)22)23-17-24(8-3,9-4)10-5/h15-16,22H,6-14,17H2,1-5H3. The van der Waals surface area contributed by atoms with Gasteiger partial charge in [-0.05, 0) is 37.8 Å². The third-order valence-electron chi connectivity index (χ3n) is 5.71. The van der Waals surface area contributed by atoms with E-state index in [1.54, 1.807) is 0 Å². The highest BCUT2D eigenvalue weighted by Crippen LogP contribution is 2.33. The first-order valence-electron chi connectivity index (χ1n) is 10.0. The summed E-state index contributed by atoms with van der Waals surface area (Å²) in [7, 11) is -1.30. The molecular weight excluding hydrogens is 312 g/mol. The fraction of sp³-hybridized carbons (Fsp3) is 0.714. The summed E-state index contributed by atoms with van der Waals surface area (Å²) in [6, 6.07) is 7.68. The monoisotopic (exact) mass is 350 g/mol. The molecule has 0 saturated carbocycles. The van der Waals surface area contributed by atoms with E-state index in [-0.39, 0.29) is 0 Å². The maximum atomic E-state index is 10.4. The van der Waals surface area contributed by atoms with Crippen molar-refractivity contribution in [3.05, 3.63) is 23.3 Å². The fourth-order valence-electron chi connectivity index (χ4n) is 3.34. The molecule has 0 spiro atoms. The average molecular weight is 351 g/mol. The third-order valence-corrected chi connectivity index (χ3v) is 11.0. The Morgan fingerprint density at radius 3 is 1.88 bits per heavy atom. The fourth-order valence-corrected chi connectivity index (χ4v) is 5.92. The quantitative estimate of drug-likeness (QED) is 0.436. The van der Waals surface area contributed by atoms with E-state index in [1.165, 1.54) is 30.1 Å². The maximum Gasteiger partial charge on any atom is 0.122 e. The normalized spacial score (nSPS) is 11.7. The van der Waals surface area contributed by atoms with Crippen LogP contribution < -0.4 is 4.74 Å². The Kier molecular flexibility index (Phi) is 9.49. The summed E-state index contributed by atoms with van der Waals surface area (Å²) in [5.74, 6) is 1.48. The van der Waals surface area contributed by atoms with Crippen LogP contribution in [-0.2, 0) is 12.8 Å². The molecular formula is C21H38O2Si. The van der Waals surface area contributed by atoms with Crippen molar-refractivity contribution >= 4 is 8.07 Å². The van der Waals surface area contributed by atoms with Crippen LogP contribution in [0.2, 0.25) is 18.1 Å². The summed E-state index contributed by atoms with van der Waals surface area (Å²) in [5.41, 5.74) is 2.39. The lowest BCUT2D eigenvalue weighted by Gasteiger charge is -2.28. The molecule has 1 N–H and O–H groups in total. The Bertz CT molecular complexity index is 473. The van der Waals surface area contributed by atoms with Gasteiger partial charge in [0.15, 0.2) is 0 Å². The highest BCUT2D eigenvalue weighted by atomic mass is 28.3. The van der Waals surface area contributed by atoms with Crippen LogP contribution in [0, 0.1) is 0 Å². The third kappa shape index (κ3) is 5.54. The van der Waals surface area contributed by atoms with E-state index < -0.39 is 8.07 Å². The Labute approximate surface area is 150 Å². The second-order valence-corrected chi connectivity index (χ2v) is 12.5. The van der Waals surface area contributed by atoms with Crippen LogP contribution in [0.3, 0.4) is 0 Å². The Balaban J connectivity index is 3.07. The number of unbranched alkanes of at least 4 members (excludes halogenated alkanes) is 2. The second kappa shape index (κ2) is 10.8. The van der Waals surface area contributed by atoms with Crippen molar-refractivity contribution in [2.75, 3.05) is 6.23 Å². The summed E-state index contributed by atoms with van der Waals surface area (Å²) >= 11 is 0. The number of aromatic hydroxyl groups is 1. The van der Waals surface area contributed by atoms with E-state index in [9.17, 15) is 5.11 Å². The number of hydrogen-bond acceptors (Lipinski definition) is 2. The molecule has 0 aliphatic rings. The lowest BCUT2D eigenvalue weighted by Crippen LogP contribution is -2.39. The van der Waals surface area contributed by atoms with Gasteiger partial charge < -0.3 is 9.84 Å². The minimum absolute atomic E-state index is 0.451. The Hall–Kier alpha value is -0.963. The SMILES string of the molecule is CCCCc1c(O)ccc(OC[Si](CC)(CC)CC)c1CCCC. The predicted octanol–water partition coefficient (Wildman–Crippen LogP) is 6.50. The van der Waals surface area contributed by atoms with Gasteiger partial charge in [-0.1, -0.05) is 65.6 Å². The molecule has 0 aliphatic carbocycles. The zero-order valence-electron chi connectivity index (χ0n) is 16.6. The van der Waals surface area contributed by atoms with Gasteiger partial charge in [0.1, 0.15) is 11.5 Å². The van der Waals surface area contributed by atoms with Gasteiger partial charge in [0.05, 0.1) is 14.3 Å². The summed E-state index contributed by atoms with van der Waals surface area (Å²) in [6.07, 6.45) is 7.46. The van der Waals surface area contributed by atoms with Crippen LogP contribution in [0.1, 0.15) is 71.4 Å². The number of phenolic OH excluding ortho intramolecular Hbond substituents is 1. The molecule has 0 bridgehead atoms. The van der Waals surface area contributed by atoms with Gasteiger partial charge >= 0.3 is 0 Å². The second-order valence-electron chi connectivity index (χ2n) is 7.10. The highest BCUT2D eigenvalue weighted by molar-refractivity contribution is 6.79. The molecule has 1 aromatic carbocycles. The summed E-state index contributed by atoms with van der Waals surface area (Å²) < 4.78 is 6.40. The van der Waals surface area contributed by atoms with E-state index >= 15 is 0 Å². The van der Waals surface area contributed by atoms with Crippen molar-refractivity contribution in [3.63, 3.8) is 0 Å². The van der Waals surface area contributed by atoms with Crippen molar-refractivity contribution in [2.45, 2.75) is 91.3 Å². The van der Waals surface area contributed by atoms with Crippen LogP contribution in [0.5, 0.6) is 11.5 Å². The molecule has 0 radical (unpaired) electrons. The van der Waals surface area contributed by atoms with Crippen molar-refractivity contribution in [1.82, 2.24) is 0 Å². The molecule has 0 aliphatic heterocycles. The highest BCUT2D eigenvalue weighted by Gasteiger charge is 2.28. The van der Waals surface area contributed by atoms with Crippen LogP contribution in [0.25, 0.3) is 0 Å². The molecule has 3 heteroatoms. The molecule has 0 saturated heterocycles. The molecule has 0 unspecified atom stereocenters. The van der Waals surface area contributed by atoms with Crippen molar-refractivity contribution in [2.24, 2.45) is 0 Å². The molecule has 2 nitrogen and oxygen atoms in total. The summed E-state index contributed by atoms with van der Waals surface area (Å²) in [6.45, 7) is 11.4. The van der Waals surface area contributed by atoms with Gasteiger partial charge in [-0.25, -0.2) is 0 Å². The first-order chi connectivity index (χ1) is 11.6. The van der Waals surface area contributed by atoms with E-state index in [4.69, 9.17) is 4.74 Å². The molecule has 1 rings (SSSR count). The van der Waals surface area contributed by atoms with Gasteiger partial charge in [0.25, 0.3) is 0 Å². The molecule has 0 amide bonds. The number of ether oxygens (including phenoxy) is 1. The van der Waals surface area contributed by atoms with E-state index in [1.807, 2.05) is 12.1 Å². The van der Waals surface area contributed by atoms with E-state index in [2.05, 4.69) is 34.6 Å². The number of rotatable bonds is 12. The average Bonchev–Trinajstić information content (AvgIpc) is 2.61. The molecule has 138 valence electrons. The van der Waals surface area contributed by atoms with E-state index in [0.717, 1.165) is 49.6 Å². The zero-order chi connectivity index (χ0) is 18.0. The van der Waals surface area contributed by atoms with Crippen molar-refractivity contribution < 1.29 is 9.84 Å². The first kappa shape index (κ1) is 21.1. The van der Waals surface area contributed by atoms with Gasteiger partial charge in [0.2, 0.25) is 0 Å².